The van der Waals surface area contributed by atoms with Gasteiger partial charge in [-0.1, -0.05) is 0 Å². The zero-order valence-corrected chi connectivity index (χ0v) is 15.7. The van der Waals surface area contributed by atoms with E-state index in [1.54, 1.807) is 11.8 Å². The zero-order chi connectivity index (χ0) is 17.9. The van der Waals surface area contributed by atoms with E-state index in [1.807, 2.05) is 17.9 Å². The normalized spacial score (nSPS) is 14.8. The SMILES string of the molecule is CCOc1ncnc2c1c(SC)nn2-c1ccc(N2CCOCC2)cc1. The first-order chi connectivity index (χ1) is 12.8. The number of fused-ring (bicyclic) bond motifs is 1. The standard InChI is InChI=1S/C18H21N5O2S/c1-3-25-17-15-16(19-12-20-17)23(21-18(15)26-2)14-6-4-13(5-7-14)22-8-10-24-11-9-22/h4-7,12H,3,8-11H2,1-2H3. The number of thioether (sulfide) groups is 1. The lowest BCUT2D eigenvalue weighted by atomic mass is 10.2. The monoisotopic (exact) mass is 371 g/mol. The molecule has 1 aliphatic heterocycles. The van der Waals surface area contributed by atoms with Crippen LogP contribution in [0.25, 0.3) is 16.7 Å². The molecular formula is C18H21N5O2S. The minimum absolute atomic E-state index is 0.555. The highest BCUT2D eigenvalue weighted by Gasteiger charge is 2.18. The summed E-state index contributed by atoms with van der Waals surface area (Å²) in [6.07, 6.45) is 3.52. The highest BCUT2D eigenvalue weighted by molar-refractivity contribution is 7.98. The average molecular weight is 371 g/mol. The minimum Gasteiger partial charge on any atom is -0.477 e. The third-order valence-electron chi connectivity index (χ3n) is 4.34. The van der Waals surface area contributed by atoms with E-state index in [9.17, 15) is 0 Å². The van der Waals surface area contributed by atoms with Gasteiger partial charge in [0, 0.05) is 18.8 Å². The van der Waals surface area contributed by atoms with Crippen molar-refractivity contribution < 1.29 is 9.47 Å². The zero-order valence-electron chi connectivity index (χ0n) is 14.9. The molecule has 4 rings (SSSR count). The maximum atomic E-state index is 5.67. The van der Waals surface area contributed by atoms with E-state index in [-0.39, 0.29) is 0 Å². The fraction of sp³-hybridized carbons (Fsp3) is 0.389. The second-order valence-corrected chi connectivity index (χ2v) is 6.64. The molecule has 1 fully saturated rings. The summed E-state index contributed by atoms with van der Waals surface area (Å²) in [4.78, 5) is 11.0. The largest absolute Gasteiger partial charge is 0.477 e. The van der Waals surface area contributed by atoms with Crippen LogP contribution >= 0.6 is 11.8 Å². The number of rotatable bonds is 5. The Morgan fingerprint density at radius 2 is 1.85 bits per heavy atom. The Kier molecular flexibility index (Phi) is 4.94. The fourth-order valence-corrected chi connectivity index (χ4v) is 3.64. The van der Waals surface area contributed by atoms with Crippen molar-refractivity contribution in [1.82, 2.24) is 19.7 Å². The van der Waals surface area contributed by atoms with Gasteiger partial charge < -0.3 is 14.4 Å². The third kappa shape index (κ3) is 3.10. The average Bonchev–Trinajstić information content (AvgIpc) is 3.09. The van der Waals surface area contributed by atoms with Gasteiger partial charge in [0.25, 0.3) is 0 Å². The van der Waals surface area contributed by atoms with Gasteiger partial charge in [-0.05, 0) is 37.4 Å². The van der Waals surface area contributed by atoms with Crippen LogP contribution in [-0.2, 0) is 4.74 Å². The topological polar surface area (TPSA) is 65.3 Å². The van der Waals surface area contributed by atoms with Crippen molar-refractivity contribution in [2.24, 2.45) is 0 Å². The maximum Gasteiger partial charge on any atom is 0.228 e. The number of morpholine rings is 1. The summed E-state index contributed by atoms with van der Waals surface area (Å²) in [6.45, 7) is 5.90. The summed E-state index contributed by atoms with van der Waals surface area (Å²) < 4.78 is 13.0. The lowest BCUT2D eigenvalue weighted by molar-refractivity contribution is 0.122. The van der Waals surface area contributed by atoms with Gasteiger partial charge in [-0.25, -0.2) is 14.6 Å². The van der Waals surface area contributed by atoms with E-state index < -0.39 is 0 Å². The number of hydrogen-bond acceptors (Lipinski definition) is 7. The Morgan fingerprint density at radius 1 is 1.12 bits per heavy atom. The molecule has 0 unspecified atom stereocenters. The van der Waals surface area contributed by atoms with Gasteiger partial charge in [-0.15, -0.1) is 11.8 Å². The lowest BCUT2D eigenvalue weighted by Gasteiger charge is -2.28. The molecule has 8 heteroatoms. The molecule has 0 bridgehead atoms. The maximum absolute atomic E-state index is 5.67. The highest BCUT2D eigenvalue weighted by atomic mass is 32.2. The molecule has 0 spiro atoms. The molecule has 1 aromatic carbocycles. The van der Waals surface area contributed by atoms with Crippen LogP contribution in [0.3, 0.4) is 0 Å². The van der Waals surface area contributed by atoms with Crippen LogP contribution in [0.4, 0.5) is 5.69 Å². The molecule has 0 amide bonds. The van der Waals surface area contributed by atoms with Gasteiger partial charge in [0.15, 0.2) is 5.65 Å². The second-order valence-electron chi connectivity index (χ2n) is 5.85. The molecule has 0 aliphatic carbocycles. The van der Waals surface area contributed by atoms with Gasteiger partial charge in [0.1, 0.15) is 16.7 Å². The first-order valence-electron chi connectivity index (χ1n) is 8.65. The number of aromatic nitrogens is 4. The molecule has 1 aliphatic rings. The fourth-order valence-electron chi connectivity index (χ4n) is 3.09. The van der Waals surface area contributed by atoms with Gasteiger partial charge in [0.2, 0.25) is 5.88 Å². The van der Waals surface area contributed by atoms with Crippen LogP contribution in [0.1, 0.15) is 6.92 Å². The van der Waals surface area contributed by atoms with Crippen molar-refractivity contribution in [1.29, 1.82) is 0 Å². The summed E-state index contributed by atoms with van der Waals surface area (Å²) in [5.41, 5.74) is 2.92. The van der Waals surface area contributed by atoms with Gasteiger partial charge in [0.05, 0.1) is 25.5 Å². The minimum atomic E-state index is 0.555. The Balaban J connectivity index is 1.73. The summed E-state index contributed by atoms with van der Waals surface area (Å²) in [6, 6.07) is 8.39. The van der Waals surface area contributed by atoms with E-state index in [4.69, 9.17) is 14.6 Å². The number of hydrogen-bond donors (Lipinski definition) is 0. The molecular weight excluding hydrogens is 350 g/mol. The van der Waals surface area contributed by atoms with E-state index in [0.29, 0.717) is 12.5 Å². The van der Waals surface area contributed by atoms with E-state index in [0.717, 1.165) is 48.1 Å². The summed E-state index contributed by atoms with van der Waals surface area (Å²) >= 11 is 1.57. The molecule has 0 saturated carbocycles. The summed E-state index contributed by atoms with van der Waals surface area (Å²) in [5, 5.41) is 6.45. The van der Waals surface area contributed by atoms with Crippen LogP contribution < -0.4 is 9.64 Å². The molecule has 0 radical (unpaired) electrons. The summed E-state index contributed by atoms with van der Waals surface area (Å²) in [5.74, 6) is 0.582. The van der Waals surface area contributed by atoms with Crippen LogP contribution in [0.5, 0.6) is 5.88 Å². The number of nitrogens with zero attached hydrogens (tertiary/aromatic N) is 5. The first kappa shape index (κ1) is 17.1. The van der Waals surface area contributed by atoms with E-state index in [2.05, 4.69) is 39.1 Å². The van der Waals surface area contributed by atoms with E-state index in [1.165, 1.54) is 12.0 Å². The van der Waals surface area contributed by atoms with Crippen molar-refractivity contribution >= 4 is 28.5 Å². The van der Waals surface area contributed by atoms with Gasteiger partial charge in [-0.3, -0.25) is 0 Å². The molecule has 136 valence electrons. The molecule has 3 heterocycles. The van der Waals surface area contributed by atoms with Gasteiger partial charge >= 0.3 is 0 Å². The van der Waals surface area contributed by atoms with E-state index >= 15 is 0 Å². The quantitative estimate of drug-likeness (QED) is 0.639. The Labute approximate surface area is 156 Å². The Bertz CT molecular complexity index is 890. The van der Waals surface area contributed by atoms with Crippen LogP contribution in [0.2, 0.25) is 0 Å². The Hall–Kier alpha value is -2.32. The van der Waals surface area contributed by atoms with Crippen LogP contribution in [-0.4, -0.2) is 58.9 Å². The predicted octanol–water partition coefficient (Wildman–Crippen LogP) is 2.77. The van der Waals surface area contributed by atoms with Crippen molar-refractivity contribution in [2.45, 2.75) is 11.9 Å². The van der Waals surface area contributed by atoms with Crippen molar-refractivity contribution in [3.05, 3.63) is 30.6 Å². The Morgan fingerprint density at radius 3 is 2.54 bits per heavy atom. The molecule has 1 saturated heterocycles. The molecule has 2 aromatic heterocycles. The smallest absolute Gasteiger partial charge is 0.228 e. The molecule has 3 aromatic rings. The highest BCUT2D eigenvalue weighted by Crippen LogP contribution is 2.32. The molecule has 0 N–H and O–H groups in total. The van der Waals surface area contributed by atoms with Gasteiger partial charge in [-0.2, -0.15) is 5.10 Å². The second kappa shape index (κ2) is 7.51. The third-order valence-corrected chi connectivity index (χ3v) is 5.02. The van der Waals surface area contributed by atoms with Crippen molar-refractivity contribution in [3.8, 4) is 11.6 Å². The first-order valence-corrected chi connectivity index (χ1v) is 9.88. The number of ether oxygens (including phenoxy) is 2. The molecule has 0 atom stereocenters. The van der Waals surface area contributed by atoms with Crippen LogP contribution in [0, 0.1) is 0 Å². The summed E-state index contributed by atoms with van der Waals surface area (Å²) in [7, 11) is 0. The number of anilines is 1. The van der Waals surface area contributed by atoms with Crippen molar-refractivity contribution in [3.63, 3.8) is 0 Å². The van der Waals surface area contributed by atoms with Crippen molar-refractivity contribution in [2.75, 3.05) is 44.1 Å². The number of benzene rings is 1. The molecule has 7 nitrogen and oxygen atoms in total. The van der Waals surface area contributed by atoms with Crippen LogP contribution in [0.15, 0.2) is 35.6 Å². The predicted molar refractivity (Wildman–Crippen MR) is 103 cm³/mol. The molecule has 26 heavy (non-hydrogen) atoms. The lowest BCUT2D eigenvalue weighted by Crippen LogP contribution is -2.36.